The second kappa shape index (κ2) is 7.97. The van der Waals surface area contributed by atoms with E-state index in [4.69, 9.17) is 9.47 Å². The number of carbonyl (C=O) groups is 2. The average molecular weight is 346 g/mol. The molecule has 2 heterocycles. The third kappa shape index (κ3) is 4.19. The number of esters is 1. The first kappa shape index (κ1) is 17.9. The van der Waals surface area contributed by atoms with Gasteiger partial charge in [0.1, 0.15) is 0 Å². The van der Waals surface area contributed by atoms with E-state index in [-0.39, 0.29) is 11.9 Å². The Morgan fingerprint density at radius 3 is 2.72 bits per heavy atom. The van der Waals surface area contributed by atoms with Crippen LogP contribution >= 0.6 is 0 Å². The molecule has 2 unspecified atom stereocenters. The molecule has 0 radical (unpaired) electrons. The number of ether oxygens (including phenoxy) is 2. The summed E-state index contributed by atoms with van der Waals surface area (Å²) in [5.74, 6) is -0.231. The summed E-state index contributed by atoms with van der Waals surface area (Å²) >= 11 is 0. The molecule has 3 rings (SSSR count). The minimum atomic E-state index is -0.750. The zero-order valence-corrected chi connectivity index (χ0v) is 14.9. The number of nitrogens with zero attached hydrogens (tertiary/aromatic N) is 1. The molecule has 0 aliphatic carbocycles. The maximum absolute atomic E-state index is 12.5. The van der Waals surface area contributed by atoms with E-state index >= 15 is 0 Å². The van der Waals surface area contributed by atoms with Crippen LogP contribution in [0.5, 0.6) is 0 Å². The van der Waals surface area contributed by atoms with Crippen molar-refractivity contribution in [3.05, 3.63) is 35.4 Å². The Labute approximate surface area is 148 Å². The molecule has 6 heteroatoms. The molecule has 0 saturated carbocycles. The van der Waals surface area contributed by atoms with Crippen LogP contribution in [0.4, 0.5) is 0 Å². The van der Waals surface area contributed by atoms with E-state index in [1.165, 1.54) is 0 Å². The average Bonchev–Trinajstić information content (AvgIpc) is 2.62. The Morgan fingerprint density at radius 2 is 2.00 bits per heavy atom. The van der Waals surface area contributed by atoms with E-state index in [2.05, 4.69) is 24.1 Å². The molecule has 136 valence electrons. The molecule has 1 aromatic carbocycles. The maximum Gasteiger partial charge on any atom is 0.339 e. The molecule has 6 nitrogen and oxygen atoms in total. The molecule has 1 N–H and O–H groups in total. The minimum Gasteiger partial charge on any atom is -0.448 e. The first-order chi connectivity index (χ1) is 12.1. The van der Waals surface area contributed by atoms with Crippen LogP contribution in [0.1, 0.15) is 29.8 Å². The number of cyclic esters (lactones) is 1. The van der Waals surface area contributed by atoms with Crippen molar-refractivity contribution in [3.63, 3.8) is 0 Å². The van der Waals surface area contributed by atoms with Crippen LogP contribution in [0.25, 0.3) is 0 Å². The molecular formula is C19H26N2O4. The van der Waals surface area contributed by atoms with Crippen molar-refractivity contribution in [2.45, 2.75) is 32.4 Å². The van der Waals surface area contributed by atoms with Gasteiger partial charge in [-0.25, -0.2) is 4.79 Å². The number of morpholine rings is 1. The van der Waals surface area contributed by atoms with E-state index in [1.807, 2.05) is 12.1 Å². The largest absolute Gasteiger partial charge is 0.448 e. The normalized spacial score (nSPS) is 22.2. The molecule has 0 spiro atoms. The first-order valence-electron chi connectivity index (χ1n) is 8.94. The number of rotatable bonds is 5. The molecule has 1 saturated heterocycles. The maximum atomic E-state index is 12.5. The molecule has 1 fully saturated rings. The quantitative estimate of drug-likeness (QED) is 0.813. The van der Waals surface area contributed by atoms with E-state index in [9.17, 15) is 9.59 Å². The summed E-state index contributed by atoms with van der Waals surface area (Å²) in [6, 6.07) is 7.54. The highest BCUT2D eigenvalue weighted by atomic mass is 16.5. The lowest BCUT2D eigenvalue weighted by molar-refractivity contribution is -0.130. The lowest BCUT2D eigenvalue weighted by atomic mass is 9.98. The SMILES string of the molecule is CC(C)C(CNC(=O)C1Cc2ccccc2C(=O)O1)N1CCOCC1. The van der Waals surface area contributed by atoms with Crippen molar-refractivity contribution >= 4 is 11.9 Å². The van der Waals surface area contributed by atoms with Gasteiger partial charge in [0.25, 0.3) is 5.91 Å². The third-order valence-electron chi connectivity index (χ3n) is 4.95. The van der Waals surface area contributed by atoms with Crippen molar-refractivity contribution in [1.82, 2.24) is 10.2 Å². The molecule has 2 atom stereocenters. The highest BCUT2D eigenvalue weighted by Gasteiger charge is 2.32. The van der Waals surface area contributed by atoms with Crippen LogP contribution in [0.15, 0.2) is 24.3 Å². The summed E-state index contributed by atoms with van der Waals surface area (Å²) in [5.41, 5.74) is 1.42. The van der Waals surface area contributed by atoms with Gasteiger partial charge in [0, 0.05) is 32.1 Å². The monoisotopic (exact) mass is 346 g/mol. The summed E-state index contributed by atoms with van der Waals surface area (Å²) in [6.07, 6.45) is -0.322. The standard InChI is InChI=1S/C19H26N2O4/c1-13(2)16(21-7-9-24-10-8-21)12-20-18(22)17-11-14-5-3-4-6-15(14)19(23)25-17/h3-6,13,16-17H,7-12H2,1-2H3,(H,20,22). The highest BCUT2D eigenvalue weighted by Crippen LogP contribution is 2.20. The molecule has 25 heavy (non-hydrogen) atoms. The molecule has 1 aromatic rings. The minimum absolute atomic E-state index is 0.221. The Balaban J connectivity index is 1.59. The topological polar surface area (TPSA) is 67.9 Å². The van der Waals surface area contributed by atoms with Crippen LogP contribution in [0, 0.1) is 5.92 Å². The van der Waals surface area contributed by atoms with Crippen molar-refractivity contribution in [2.24, 2.45) is 5.92 Å². The van der Waals surface area contributed by atoms with E-state index < -0.39 is 12.1 Å². The fourth-order valence-electron chi connectivity index (χ4n) is 3.49. The molecule has 2 aliphatic heterocycles. The predicted octanol–water partition coefficient (Wildman–Crippen LogP) is 1.24. The van der Waals surface area contributed by atoms with Gasteiger partial charge in [0.15, 0.2) is 6.10 Å². The lowest BCUT2D eigenvalue weighted by Gasteiger charge is -2.37. The Bertz CT molecular complexity index is 626. The Morgan fingerprint density at radius 1 is 1.28 bits per heavy atom. The van der Waals surface area contributed by atoms with Crippen molar-refractivity contribution < 1.29 is 19.1 Å². The number of fused-ring (bicyclic) bond motifs is 1. The number of nitrogens with one attached hydrogen (secondary N) is 1. The zero-order valence-electron chi connectivity index (χ0n) is 14.9. The number of amides is 1. The van der Waals surface area contributed by atoms with E-state index in [1.54, 1.807) is 12.1 Å². The molecule has 0 bridgehead atoms. The van der Waals surface area contributed by atoms with Crippen LogP contribution in [-0.4, -0.2) is 61.8 Å². The molecule has 1 amide bonds. The van der Waals surface area contributed by atoms with E-state index in [0.29, 0.717) is 24.4 Å². The second-order valence-corrected chi connectivity index (χ2v) is 6.96. The number of benzene rings is 1. The summed E-state index contributed by atoms with van der Waals surface area (Å²) in [5, 5.41) is 2.98. The highest BCUT2D eigenvalue weighted by molar-refractivity contribution is 5.95. The molecule has 2 aliphatic rings. The van der Waals surface area contributed by atoms with Gasteiger partial charge in [-0.2, -0.15) is 0 Å². The fourth-order valence-corrected chi connectivity index (χ4v) is 3.49. The van der Waals surface area contributed by atoms with Gasteiger partial charge in [-0.15, -0.1) is 0 Å². The predicted molar refractivity (Wildman–Crippen MR) is 93.4 cm³/mol. The number of hydrogen-bond donors (Lipinski definition) is 1. The number of hydrogen-bond acceptors (Lipinski definition) is 5. The summed E-state index contributed by atoms with van der Waals surface area (Å²) in [4.78, 5) is 27.0. The van der Waals surface area contributed by atoms with Gasteiger partial charge in [-0.1, -0.05) is 32.0 Å². The van der Waals surface area contributed by atoms with Crippen LogP contribution in [0.2, 0.25) is 0 Å². The Kier molecular flexibility index (Phi) is 5.71. The van der Waals surface area contributed by atoms with Crippen LogP contribution < -0.4 is 5.32 Å². The Hall–Kier alpha value is -1.92. The summed E-state index contributed by atoms with van der Waals surface area (Å²) in [7, 11) is 0. The fraction of sp³-hybridized carbons (Fsp3) is 0.579. The van der Waals surface area contributed by atoms with Gasteiger partial charge in [-0.05, 0) is 17.5 Å². The van der Waals surface area contributed by atoms with Gasteiger partial charge in [0.05, 0.1) is 18.8 Å². The summed E-state index contributed by atoms with van der Waals surface area (Å²) in [6.45, 7) is 8.08. The molecule has 0 aromatic heterocycles. The smallest absolute Gasteiger partial charge is 0.339 e. The van der Waals surface area contributed by atoms with Crippen molar-refractivity contribution in [3.8, 4) is 0 Å². The summed E-state index contributed by atoms with van der Waals surface area (Å²) < 4.78 is 10.7. The number of carbonyl (C=O) groups excluding carboxylic acids is 2. The van der Waals surface area contributed by atoms with Gasteiger partial charge < -0.3 is 14.8 Å². The molecular weight excluding hydrogens is 320 g/mol. The van der Waals surface area contributed by atoms with Gasteiger partial charge in [-0.3, -0.25) is 9.69 Å². The van der Waals surface area contributed by atoms with Crippen molar-refractivity contribution in [2.75, 3.05) is 32.8 Å². The second-order valence-electron chi connectivity index (χ2n) is 6.96. The van der Waals surface area contributed by atoms with Crippen LogP contribution in [-0.2, 0) is 20.7 Å². The lowest BCUT2D eigenvalue weighted by Crippen LogP contribution is -2.53. The van der Waals surface area contributed by atoms with Gasteiger partial charge in [0.2, 0.25) is 0 Å². The first-order valence-corrected chi connectivity index (χ1v) is 8.94. The van der Waals surface area contributed by atoms with Crippen LogP contribution in [0.3, 0.4) is 0 Å². The van der Waals surface area contributed by atoms with Gasteiger partial charge >= 0.3 is 5.97 Å². The zero-order chi connectivity index (χ0) is 17.8. The third-order valence-corrected chi connectivity index (χ3v) is 4.95. The van der Waals surface area contributed by atoms with Crippen molar-refractivity contribution in [1.29, 1.82) is 0 Å². The van der Waals surface area contributed by atoms with E-state index in [0.717, 1.165) is 31.9 Å².